The van der Waals surface area contributed by atoms with Gasteiger partial charge in [-0.1, -0.05) is 6.08 Å². The lowest BCUT2D eigenvalue weighted by atomic mass is 9.94. The molecule has 1 aliphatic carbocycles. The Labute approximate surface area is 123 Å². The molecule has 0 unspecified atom stereocenters. The van der Waals surface area contributed by atoms with Crippen molar-refractivity contribution in [3.63, 3.8) is 0 Å². The zero-order valence-corrected chi connectivity index (χ0v) is 12.1. The average Bonchev–Trinajstić information content (AvgIpc) is 3.13. The zero-order valence-electron chi connectivity index (χ0n) is 12.1. The Hall–Kier alpha value is -2.36. The van der Waals surface area contributed by atoms with Gasteiger partial charge in [-0.3, -0.25) is 4.68 Å². The van der Waals surface area contributed by atoms with Crippen LogP contribution in [0.2, 0.25) is 0 Å². The monoisotopic (exact) mass is 278 g/mol. The Kier molecular flexibility index (Phi) is 2.88. The van der Waals surface area contributed by atoms with Crippen LogP contribution < -0.4 is 0 Å². The highest BCUT2D eigenvalue weighted by Crippen LogP contribution is 2.32. The maximum Gasteiger partial charge on any atom is 0.137 e. The molecular formula is C17H18N4. The highest BCUT2D eigenvalue weighted by molar-refractivity contribution is 5.94. The van der Waals surface area contributed by atoms with Crippen LogP contribution in [0, 0.1) is 0 Å². The van der Waals surface area contributed by atoms with Crippen LogP contribution in [0.15, 0.2) is 36.9 Å². The van der Waals surface area contributed by atoms with Gasteiger partial charge in [-0.05, 0) is 42.9 Å². The van der Waals surface area contributed by atoms with Crippen molar-refractivity contribution in [2.75, 3.05) is 0 Å². The number of rotatable bonds is 2. The molecule has 4 rings (SSSR count). The molecule has 106 valence electrons. The predicted octanol–water partition coefficient (Wildman–Crippen LogP) is 3.92. The largest absolute Gasteiger partial charge is 0.346 e. The summed E-state index contributed by atoms with van der Waals surface area (Å²) in [6.45, 7) is 0. The van der Waals surface area contributed by atoms with Crippen LogP contribution in [0.5, 0.6) is 0 Å². The van der Waals surface area contributed by atoms with E-state index in [0.717, 1.165) is 11.2 Å². The summed E-state index contributed by atoms with van der Waals surface area (Å²) in [5, 5.41) is 5.44. The molecule has 21 heavy (non-hydrogen) atoms. The summed E-state index contributed by atoms with van der Waals surface area (Å²) >= 11 is 0. The maximum absolute atomic E-state index is 4.59. The molecule has 0 spiro atoms. The molecule has 4 heteroatoms. The van der Waals surface area contributed by atoms with Gasteiger partial charge in [0.25, 0.3) is 0 Å². The van der Waals surface area contributed by atoms with Crippen LogP contribution in [0.25, 0.3) is 27.7 Å². The Balaban J connectivity index is 1.84. The van der Waals surface area contributed by atoms with E-state index in [1.54, 1.807) is 0 Å². The Bertz CT molecular complexity index is 822. The van der Waals surface area contributed by atoms with E-state index in [2.05, 4.69) is 27.2 Å². The minimum atomic E-state index is 0.939. The Morgan fingerprint density at radius 2 is 2.14 bits per heavy atom. The van der Waals surface area contributed by atoms with Gasteiger partial charge in [-0.15, -0.1) is 0 Å². The topological polar surface area (TPSA) is 46.5 Å². The minimum absolute atomic E-state index is 0.939. The molecule has 0 fully saturated rings. The lowest BCUT2D eigenvalue weighted by molar-refractivity contribution is 0.742. The van der Waals surface area contributed by atoms with Gasteiger partial charge in [-0.25, -0.2) is 4.98 Å². The molecule has 0 aliphatic heterocycles. The number of hydrogen-bond donors (Lipinski definition) is 1. The van der Waals surface area contributed by atoms with E-state index >= 15 is 0 Å². The molecule has 3 aromatic heterocycles. The van der Waals surface area contributed by atoms with E-state index in [0.29, 0.717) is 0 Å². The first-order chi connectivity index (χ1) is 10.3. The highest BCUT2D eigenvalue weighted by Gasteiger charge is 2.12. The van der Waals surface area contributed by atoms with Crippen molar-refractivity contribution in [1.82, 2.24) is 19.7 Å². The average molecular weight is 278 g/mol. The summed E-state index contributed by atoms with van der Waals surface area (Å²) in [7, 11) is 1.94. The molecule has 3 heterocycles. The summed E-state index contributed by atoms with van der Waals surface area (Å²) in [5.74, 6) is 0. The highest BCUT2D eigenvalue weighted by atomic mass is 15.2. The molecule has 0 radical (unpaired) electrons. The number of H-pyrrole nitrogens is 1. The quantitative estimate of drug-likeness (QED) is 0.772. The van der Waals surface area contributed by atoms with E-state index in [9.17, 15) is 0 Å². The van der Waals surface area contributed by atoms with Crippen molar-refractivity contribution in [2.24, 2.45) is 7.05 Å². The zero-order chi connectivity index (χ0) is 14.2. The third kappa shape index (κ3) is 2.17. The van der Waals surface area contributed by atoms with Crippen LogP contribution in [-0.4, -0.2) is 19.7 Å². The first-order valence-electron chi connectivity index (χ1n) is 7.47. The maximum atomic E-state index is 4.59. The molecule has 0 saturated heterocycles. The number of allylic oxidation sites excluding steroid dienone is 2. The number of pyridine rings is 1. The predicted molar refractivity (Wildman–Crippen MR) is 84.7 cm³/mol. The van der Waals surface area contributed by atoms with Crippen molar-refractivity contribution < 1.29 is 0 Å². The third-order valence-corrected chi connectivity index (χ3v) is 4.21. The smallest absolute Gasteiger partial charge is 0.137 e. The van der Waals surface area contributed by atoms with Crippen LogP contribution >= 0.6 is 0 Å². The van der Waals surface area contributed by atoms with E-state index in [1.807, 2.05) is 36.5 Å². The number of aromatic nitrogens is 4. The van der Waals surface area contributed by atoms with Crippen LogP contribution in [0.1, 0.15) is 31.2 Å². The van der Waals surface area contributed by atoms with Crippen LogP contribution in [-0.2, 0) is 7.05 Å². The lowest BCUT2D eigenvalue weighted by Gasteiger charge is -2.12. The normalized spacial score (nSPS) is 15.4. The summed E-state index contributed by atoms with van der Waals surface area (Å²) in [6.07, 6.45) is 15.3. The van der Waals surface area contributed by atoms with Gasteiger partial charge in [0.05, 0.1) is 6.20 Å². The van der Waals surface area contributed by atoms with Crippen LogP contribution in [0.3, 0.4) is 0 Å². The molecule has 0 aromatic carbocycles. The number of nitrogens with zero attached hydrogens (tertiary/aromatic N) is 3. The second kappa shape index (κ2) is 4.88. The number of fused-ring (bicyclic) bond motifs is 1. The molecule has 0 bridgehead atoms. The Morgan fingerprint density at radius 3 is 2.90 bits per heavy atom. The second-order valence-electron chi connectivity index (χ2n) is 5.70. The molecule has 1 aliphatic rings. The van der Waals surface area contributed by atoms with Crippen molar-refractivity contribution in [2.45, 2.75) is 25.7 Å². The van der Waals surface area contributed by atoms with Crippen LogP contribution in [0.4, 0.5) is 0 Å². The number of aryl methyl sites for hydroxylation is 1. The summed E-state index contributed by atoms with van der Waals surface area (Å²) in [6, 6.07) is 2.26. The molecule has 1 N–H and O–H groups in total. The fourth-order valence-electron chi connectivity index (χ4n) is 3.08. The van der Waals surface area contributed by atoms with Gasteiger partial charge in [0.1, 0.15) is 5.65 Å². The van der Waals surface area contributed by atoms with Gasteiger partial charge in [0, 0.05) is 42.2 Å². The molecule has 4 nitrogen and oxygen atoms in total. The van der Waals surface area contributed by atoms with Gasteiger partial charge in [0.15, 0.2) is 0 Å². The second-order valence-corrected chi connectivity index (χ2v) is 5.70. The fourth-order valence-corrected chi connectivity index (χ4v) is 3.08. The first kappa shape index (κ1) is 12.4. The molecule has 0 saturated carbocycles. The van der Waals surface area contributed by atoms with Gasteiger partial charge >= 0.3 is 0 Å². The van der Waals surface area contributed by atoms with E-state index in [1.165, 1.54) is 47.8 Å². The van der Waals surface area contributed by atoms with Crippen molar-refractivity contribution in [1.29, 1.82) is 0 Å². The molecule has 0 amide bonds. The van der Waals surface area contributed by atoms with E-state index in [-0.39, 0.29) is 0 Å². The SMILES string of the molecule is Cn1cc(-c2c[nH]c3ncc(C4=CCCCC4)cc23)cn1. The van der Waals surface area contributed by atoms with Crippen molar-refractivity contribution in [3.05, 3.63) is 42.5 Å². The number of hydrogen-bond acceptors (Lipinski definition) is 2. The van der Waals surface area contributed by atoms with Gasteiger partial charge < -0.3 is 4.98 Å². The molecule has 3 aromatic rings. The first-order valence-corrected chi connectivity index (χ1v) is 7.47. The van der Waals surface area contributed by atoms with Crippen molar-refractivity contribution >= 4 is 16.6 Å². The van der Waals surface area contributed by atoms with Gasteiger partial charge in [-0.2, -0.15) is 5.10 Å². The molecular weight excluding hydrogens is 260 g/mol. The summed E-state index contributed by atoms with van der Waals surface area (Å²) < 4.78 is 1.83. The Morgan fingerprint density at radius 1 is 1.19 bits per heavy atom. The number of aromatic amines is 1. The molecule has 0 atom stereocenters. The van der Waals surface area contributed by atoms with E-state index < -0.39 is 0 Å². The number of nitrogens with one attached hydrogen (secondary N) is 1. The lowest BCUT2D eigenvalue weighted by Crippen LogP contribution is -1.92. The summed E-state index contributed by atoms with van der Waals surface area (Å²) in [4.78, 5) is 7.84. The minimum Gasteiger partial charge on any atom is -0.346 e. The standard InChI is InChI=1S/C17H18N4/c1-21-11-14(9-20-21)16-10-19-17-15(16)7-13(8-18-17)12-5-3-2-4-6-12/h5,7-11H,2-4,6H2,1H3,(H,18,19). The van der Waals surface area contributed by atoms with Gasteiger partial charge in [0.2, 0.25) is 0 Å². The fraction of sp³-hybridized carbons (Fsp3) is 0.294. The van der Waals surface area contributed by atoms with Crippen molar-refractivity contribution in [3.8, 4) is 11.1 Å². The third-order valence-electron chi connectivity index (χ3n) is 4.21. The van der Waals surface area contributed by atoms with E-state index in [4.69, 9.17) is 0 Å². The summed E-state index contributed by atoms with van der Waals surface area (Å²) in [5.41, 5.74) is 5.93.